The maximum atomic E-state index is 12.9. The summed E-state index contributed by atoms with van der Waals surface area (Å²) in [6.07, 6.45) is 2.43. The zero-order valence-electron chi connectivity index (χ0n) is 16.2. The first-order valence-electron chi connectivity index (χ1n) is 9.50. The minimum absolute atomic E-state index is 0.298. The molecular formula is C22H24N2O3S. The van der Waals surface area contributed by atoms with E-state index < -0.39 is 5.97 Å². The molecule has 0 unspecified atom stereocenters. The second-order valence-corrected chi connectivity index (χ2v) is 7.50. The van der Waals surface area contributed by atoms with Gasteiger partial charge in [0.15, 0.2) is 6.61 Å². The van der Waals surface area contributed by atoms with Gasteiger partial charge in [0.2, 0.25) is 0 Å². The topological polar surface area (TPSA) is 68.3 Å². The number of para-hydroxylation sites is 1. The molecule has 2 heterocycles. The molecule has 0 aliphatic carbocycles. The van der Waals surface area contributed by atoms with Crippen LogP contribution in [-0.4, -0.2) is 23.5 Å². The first-order valence-corrected chi connectivity index (χ1v) is 10.4. The number of nitrogens with one attached hydrogen (secondary N) is 1. The third-order valence-corrected chi connectivity index (χ3v) is 5.37. The summed E-state index contributed by atoms with van der Waals surface area (Å²) in [5, 5.41) is 5.49. The van der Waals surface area contributed by atoms with Crippen molar-refractivity contribution in [1.29, 1.82) is 0 Å². The molecule has 0 aliphatic heterocycles. The Hall–Kier alpha value is -2.73. The Labute approximate surface area is 168 Å². The first kappa shape index (κ1) is 20.0. The van der Waals surface area contributed by atoms with Crippen LogP contribution in [0.15, 0.2) is 41.8 Å². The molecule has 1 N–H and O–H groups in total. The number of aryl methyl sites for hydroxylation is 1. The Bertz CT molecular complexity index is 967. The van der Waals surface area contributed by atoms with Crippen molar-refractivity contribution in [2.75, 3.05) is 6.61 Å². The average Bonchev–Trinajstić information content (AvgIpc) is 3.23. The molecule has 6 heteroatoms. The summed E-state index contributed by atoms with van der Waals surface area (Å²) in [5.41, 5.74) is 3.14. The zero-order valence-corrected chi connectivity index (χ0v) is 17.0. The number of amides is 1. The van der Waals surface area contributed by atoms with Gasteiger partial charge in [-0.15, -0.1) is 11.3 Å². The van der Waals surface area contributed by atoms with Gasteiger partial charge in [0.25, 0.3) is 5.91 Å². The maximum absolute atomic E-state index is 12.9. The number of pyridine rings is 1. The Morgan fingerprint density at radius 1 is 1.14 bits per heavy atom. The lowest BCUT2D eigenvalue weighted by atomic mass is 9.96. The summed E-state index contributed by atoms with van der Waals surface area (Å²) in [6, 6.07) is 11.4. The van der Waals surface area contributed by atoms with Gasteiger partial charge in [-0.2, -0.15) is 0 Å². The van der Waals surface area contributed by atoms with Crippen LogP contribution >= 0.6 is 11.3 Å². The Morgan fingerprint density at radius 3 is 2.68 bits per heavy atom. The molecule has 5 nitrogen and oxygen atoms in total. The van der Waals surface area contributed by atoms with E-state index in [-0.39, 0.29) is 12.5 Å². The third kappa shape index (κ3) is 4.57. The fourth-order valence-corrected chi connectivity index (χ4v) is 3.86. The Balaban J connectivity index is 1.79. The molecule has 0 saturated heterocycles. The number of benzene rings is 1. The van der Waals surface area contributed by atoms with Crippen LogP contribution in [0.2, 0.25) is 0 Å². The molecule has 3 aromatic rings. The largest absolute Gasteiger partial charge is 0.452 e. The molecule has 146 valence electrons. The molecule has 0 saturated carbocycles. The van der Waals surface area contributed by atoms with Gasteiger partial charge in [-0.3, -0.25) is 9.78 Å². The molecule has 2 aromatic heterocycles. The van der Waals surface area contributed by atoms with Crippen molar-refractivity contribution in [3.05, 3.63) is 63.5 Å². The summed E-state index contributed by atoms with van der Waals surface area (Å²) < 4.78 is 5.37. The first-order chi connectivity index (χ1) is 13.6. The van der Waals surface area contributed by atoms with E-state index >= 15 is 0 Å². The molecule has 0 spiro atoms. The van der Waals surface area contributed by atoms with Gasteiger partial charge in [-0.25, -0.2) is 4.79 Å². The molecule has 0 radical (unpaired) electrons. The number of thiophene rings is 1. The monoisotopic (exact) mass is 396 g/mol. The Kier molecular flexibility index (Phi) is 6.76. The fraction of sp³-hybridized carbons (Fsp3) is 0.318. The summed E-state index contributed by atoms with van der Waals surface area (Å²) in [7, 11) is 0. The SMILES string of the molecule is CCCc1nc2ccccc2c(C(=O)OCC(=O)NCc2cccs2)c1CC. The highest BCUT2D eigenvalue weighted by Crippen LogP contribution is 2.26. The number of esters is 1. The average molecular weight is 397 g/mol. The van der Waals surface area contributed by atoms with Crippen molar-refractivity contribution >= 4 is 34.1 Å². The standard InChI is InChI=1S/C22H24N2O3S/c1-3-8-18-16(4-2)21(17-10-5-6-11-19(17)24-18)22(26)27-14-20(25)23-13-15-9-7-12-28-15/h5-7,9-12H,3-4,8,13-14H2,1-2H3,(H,23,25). The normalized spacial score (nSPS) is 10.8. The van der Waals surface area contributed by atoms with Crippen LogP contribution in [0.3, 0.4) is 0 Å². The van der Waals surface area contributed by atoms with Crippen LogP contribution in [0.25, 0.3) is 10.9 Å². The molecule has 1 amide bonds. The number of aromatic nitrogens is 1. The minimum atomic E-state index is -0.473. The van der Waals surface area contributed by atoms with Crippen molar-refractivity contribution in [2.24, 2.45) is 0 Å². The van der Waals surface area contributed by atoms with Crippen LogP contribution in [-0.2, 0) is 28.9 Å². The van der Waals surface area contributed by atoms with Crippen LogP contribution in [0.1, 0.15) is 46.8 Å². The van der Waals surface area contributed by atoms with E-state index in [0.29, 0.717) is 18.5 Å². The molecule has 0 aliphatic rings. The number of hydrogen-bond acceptors (Lipinski definition) is 5. The number of rotatable bonds is 8. The van der Waals surface area contributed by atoms with Crippen molar-refractivity contribution in [1.82, 2.24) is 10.3 Å². The lowest BCUT2D eigenvalue weighted by molar-refractivity contribution is -0.124. The number of ether oxygens (including phenoxy) is 1. The molecule has 0 fully saturated rings. The van der Waals surface area contributed by atoms with E-state index in [0.717, 1.165) is 39.9 Å². The van der Waals surface area contributed by atoms with Gasteiger partial charge in [0, 0.05) is 16.0 Å². The van der Waals surface area contributed by atoms with E-state index in [2.05, 4.69) is 12.2 Å². The van der Waals surface area contributed by atoms with E-state index in [4.69, 9.17) is 9.72 Å². The van der Waals surface area contributed by atoms with Crippen LogP contribution in [0, 0.1) is 0 Å². The predicted molar refractivity (Wildman–Crippen MR) is 112 cm³/mol. The van der Waals surface area contributed by atoms with E-state index in [1.54, 1.807) is 11.3 Å². The zero-order chi connectivity index (χ0) is 19.9. The van der Waals surface area contributed by atoms with Crippen molar-refractivity contribution in [3.63, 3.8) is 0 Å². The number of hydrogen-bond donors (Lipinski definition) is 1. The lowest BCUT2D eigenvalue weighted by Crippen LogP contribution is -2.28. The summed E-state index contributed by atoms with van der Waals surface area (Å²) in [5.74, 6) is -0.786. The van der Waals surface area contributed by atoms with Gasteiger partial charge in [0.1, 0.15) is 0 Å². The van der Waals surface area contributed by atoms with Crippen LogP contribution in [0.5, 0.6) is 0 Å². The molecule has 28 heavy (non-hydrogen) atoms. The Morgan fingerprint density at radius 2 is 1.96 bits per heavy atom. The number of carbonyl (C=O) groups excluding carboxylic acids is 2. The molecule has 0 atom stereocenters. The van der Waals surface area contributed by atoms with Gasteiger partial charge >= 0.3 is 5.97 Å². The van der Waals surface area contributed by atoms with E-state index in [1.807, 2.05) is 48.7 Å². The van der Waals surface area contributed by atoms with Gasteiger partial charge < -0.3 is 10.1 Å². The molecular weight excluding hydrogens is 372 g/mol. The van der Waals surface area contributed by atoms with Gasteiger partial charge in [-0.1, -0.05) is 44.5 Å². The third-order valence-electron chi connectivity index (χ3n) is 4.50. The highest BCUT2D eigenvalue weighted by atomic mass is 32.1. The highest BCUT2D eigenvalue weighted by molar-refractivity contribution is 7.09. The van der Waals surface area contributed by atoms with Gasteiger partial charge in [-0.05, 0) is 35.9 Å². The minimum Gasteiger partial charge on any atom is -0.452 e. The quantitative estimate of drug-likeness (QED) is 0.577. The molecule has 3 rings (SSSR count). The molecule has 1 aromatic carbocycles. The fourth-order valence-electron chi connectivity index (χ4n) is 3.21. The lowest BCUT2D eigenvalue weighted by Gasteiger charge is -2.15. The van der Waals surface area contributed by atoms with E-state index in [1.165, 1.54) is 0 Å². The summed E-state index contributed by atoms with van der Waals surface area (Å²) >= 11 is 1.57. The predicted octanol–water partition coefficient (Wildman–Crippen LogP) is 4.28. The van der Waals surface area contributed by atoms with Gasteiger partial charge in [0.05, 0.1) is 17.6 Å². The second kappa shape index (κ2) is 9.46. The highest BCUT2D eigenvalue weighted by Gasteiger charge is 2.21. The second-order valence-electron chi connectivity index (χ2n) is 6.46. The number of nitrogens with zero attached hydrogens (tertiary/aromatic N) is 1. The van der Waals surface area contributed by atoms with Crippen molar-refractivity contribution in [3.8, 4) is 0 Å². The van der Waals surface area contributed by atoms with Crippen molar-refractivity contribution in [2.45, 2.75) is 39.7 Å². The summed E-state index contributed by atoms with van der Waals surface area (Å²) in [6.45, 7) is 4.24. The van der Waals surface area contributed by atoms with E-state index in [9.17, 15) is 9.59 Å². The van der Waals surface area contributed by atoms with Crippen LogP contribution < -0.4 is 5.32 Å². The maximum Gasteiger partial charge on any atom is 0.339 e. The number of carbonyl (C=O) groups is 2. The summed E-state index contributed by atoms with van der Waals surface area (Å²) in [4.78, 5) is 30.8. The molecule has 0 bridgehead atoms. The van der Waals surface area contributed by atoms with Crippen LogP contribution in [0.4, 0.5) is 0 Å². The number of fused-ring (bicyclic) bond motifs is 1. The van der Waals surface area contributed by atoms with Crippen molar-refractivity contribution < 1.29 is 14.3 Å². The smallest absolute Gasteiger partial charge is 0.339 e.